The summed E-state index contributed by atoms with van der Waals surface area (Å²) in [6.07, 6.45) is 17.5. The molecule has 0 fully saturated rings. The van der Waals surface area contributed by atoms with Gasteiger partial charge in [-0.1, -0.05) is 97.1 Å². The number of fused-ring (bicyclic) bond motifs is 3. The summed E-state index contributed by atoms with van der Waals surface area (Å²) in [6.45, 7) is 2.12. The summed E-state index contributed by atoms with van der Waals surface area (Å²) >= 11 is 0. The SMILES string of the molecule is CC1(NC(=N)C2C=CC(n3c4c(c5ccccc53)CCC=N4)=CC2)NC=CC=C1c1cc(-c2ccccc2)cc(-c2ccccc2)c1. The van der Waals surface area contributed by atoms with Crippen LogP contribution in [0.25, 0.3) is 44.4 Å². The number of aromatic nitrogens is 1. The van der Waals surface area contributed by atoms with Crippen LogP contribution >= 0.6 is 0 Å². The molecular formula is C42H37N5. The molecule has 47 heavy (non-hydrogen) atoms. The highest BCUT2D eigenvalue weighted by atomic mass is 15.2. The molecule has 230 valence electrons. The number of hydrogen-bond donors (Lipinski definition) is 3. The Hall–Kier alpha value is -5.68. The van der Waals surface area contributed by atoms with Gasteiger partial charge in [0.15, 0.2) is 0 Å². The highest BCUT2D eigenvalue weighted by Gasteiger charge is 2.33. The Labute approximate surface area is 275 Å². The Balaban J connectivity index is 1.08. The zero-order valence-corrected chi connectivity index (χ0v) is 26.4. The molecule has 0 radical (unpaired) electrons. The van der Waals surface area contributed by atoms with Gasteiger partial charge >= 0.3 is 0 Å². The second kappa shape index (κ2) is 11.9. The van der Waals surface area contributed by atoms with Gasteiger partial charge in [-0.3, -0.25) is 9.98 Å². The Morgan fingerprint density at radius 3 is 2.26 bits per heavy atom. The molecule has 1 aromatic heterocycles. The normalized spacial score (nSPS) is 19.9. The van der Waals surface area contributed by atoms with Gasteiger partial charge < -0.3 is 10.6 Å². The van der Waals surface area contributed by atoms with Gasteiger partial charge in [0, 0.05) is 34.4 Å². The molecule has 2 atom stereocenters. The van der Waals surface area contributed by atoms with Gasteiger partial charge in [0.2, 0.25) is 0 Å². The molecule has 5 heteroatoms. The van der Waals surface area contributed by atoms with Crippen LogP contribution in [0.5, 0.6) is 0 Å². The molecule has 0 bridgehead atoms. The van der Waals surface area contributed by atoms with E-state index in [1.54, 1.807) is 0 Å². The topological polar surface area (TPSA) is 65.2 Å². The van der Waals surface area contributed by atoms with Gasteiger partial charge in [-0.05, 0) is 96.6 Å². The zero-order chi connectivity index (χ0) is 31.8. The van der Waals surface area contributed by atoms with Crippen molar-refractivity contribution >= 4 is 40.0 Å². The van der Waals surface area contributed by atoms with E-state index in [1.807, 2.05) is 18.5 Å². The van der Waals surface area contributed by atoms with Crippen molar-refractivity contribution < 1.29 is 0 Å². The van der Waals surface area contributed by atoms with Crippen LogP contribution < -0.4 is 10.6 Å². The first-order valence-corrected chi connectivity index (χ1v) is 16.4. The minimum absolute atomic E-state index is 0.0683. The fraction of sp³-hybridized carbons (Fsp3) is 0.143. The van der Waals surface area contributed by atoms with Crippen LogP contribution in [0.3, 0.4) is 0 Å². The number of nitrogens with zero attached hydrogens (tertiary/aromatic N) is 2. The second-order valence-corrected chi connectivity index (χ2v) is 12.6. The van der Waals surface area contributed by atoms with Crippen LogP contribution in [-0.2, 0) is 6.42 Å². The number of rotatable bonds is 6. The van der Waals surface area contributed by atoms with Gasteiger partial charge in [-0.25, -0.2) is 4.99 Å². The molecule has 5 aromatic rings. The second-order valence-electron chi connectivity index (χ2n) is 12.6. The van der Waals surface area contributed by atoms with Crippen LogP contribution in [0, 0.1) is 11.3 Å². The first-order valence-electron chi connectivity index (χ1n) is 16.4. The summed E-state index contributed by atoms with van der Waals surface area (Å²) < 4.78 is 2.28. The molecule has 4 aromatic carbocycles. The first-order chi connectivity index (χ1) is 23.1. The number of benzene rings is 4. The third-order valence-electron chi connectivity index (χ3n) is 9.51. The molecular weight excluding hydrogens is 574 g/mol. The summed E-state index contributed by atoms with van der Waals surface area (Å²) in [5, 5.41) is 17.7. The lowest BCUT2D eigenvalue weighted by Crippen LogP contribution is -2.57. The third kappa shape index (κ3) is 5.34. The van der Waals surface area contributed by atoms with E-state index < -0.39 is 5.66 Å². The number of amidine groups is 1. The van der Waals surface area contributed by atoms with Crippen LogP contribution in [0.2, 0.25) is 0 Å². The summed E-state index contributed by atoms with van der Waals surface area (Å²) in [5.41, 5.74) is 9.79. The fourth-order valence-electron chi connectivity index (χ4n) is 7.12. The van der Waals surface area contributed by atoms with Crippen molar-refractivity contribution in [3.05, 3.63) is 151 Å². The van der Waals surface area contributed by atoms with Crippen molar-refractivity contribution in [1.82, 2.24) is 15.2 Å². The molecule has 2 unspecified atom stereocenters. The fourth-order valence-corrected chi connectivity index (χ4v) is 7.12. The maximum atomic E-state index is 9.26. The van der Waals surface area contributed by atoms with E-state index in [2.05, 4.69) is 150 Å². The summed E-state index contributed by atoms with van der Waals surface area (Å²) in [7, 11) is 0. The van der Waals surface area contributed by atoms with Crippen LogP contribution in [0.1, 0.15) is 30.9 Å². The van der Waals surface area contributed by atoms with Crippen LogP contribution in [0.15, 0.2) is 145 Å². The largest absolute Gasteiger partial charge is 0.365 e. The predicted molar refractivity (Wildman–Crippen MR) is 197 cm³/mol. The van der Waals surface area contributed by atoms with Gasteiger partial charge in [0.25, 0.3) is 0 Å². The van der Waals surface area contributed by atoms with E-state index in [0.29, 0.717) is 5.84 Å². The molecule has 3 heterocycles. The number of dihydropyridines is 1. The van der Waals surface area contributed by atoms with Crippen molar-refractivity contribution in [2.75, 3.05) is 0 Å². The van der Waals surface area contributed by atoms with Crippen molar-refractivity contribution in [2.24, 2.45) is 10.9 Å². The predicted octanol–water partition coefficient (Wildman–Crippen LogP) is 9.52. The van der Waals surface area contributed by atoms with E-state index in [0.717, 1.165) is 53.0 Å². The zero-order valence-electron chi connectivity index (χ0n) is 26.4. The van der Waals surface area contributed by atoms with Gasteiger partial charge in [0.05, 0.1) is 5.52 Å². The average Bonchev–Trinajstić information content (AvgIpc) is 3.47. The van der Waals surface area contributed by atoms with Gasteiger partial charge in [-0.2, -0.15) is 0 Å². The Bertz CT molecular complexity index is 2090. The molecule has 0 amide bonds. The lowest BCUT2D eigenvalue weighted by Gasteiger charge is -2.38. The van der Waals surface area contributed by atoms with Crippen LogP contribution in [-0.4, -0.2) is 22.3 Å². The molecule has 0 saturated carbocycles. The Morgan fingerprint density at radius 2 is 1.55 bits per heavy atom. The summed E-state index contributed by atoms with van der Waals surface area (Å²) in [6, 6.07) is 36.4. The highest BCUT2D eigenvalue weighted by Crippen LogP contribution is 2.39. The molecule has 0 spiro atoms. The van der Waals surface area contributed by atoms with E-state index in [4.69, 9.17) is 4.99 Å². The van der Waals surface area contributed by atoms with Crippen molar-refractivity contribution in [2.45, 2.75) is 31.8 Å². The molecule has 3 N–H and O–H groups in total. The van der Waals surface area contributed by atoms with E-state index in [9.17, 15) is 5.41 Å². The number of aliphatic imine (C=N–C) groups is 1. The molecule has 1 aliphatic carbocycles. The van der Waals surface area contributed by atoms with E-state index in [1.165, 1.54) is 27.6 Å². The Morgan fingerprint density at radius 1 is 0.872 bits per heavy atom. The highest BCUT2D eigenvalue weighted by molar-refractivity contribution is 5.96. The van der Waals surface area contributed by atoms with Crippen molar-refractivity contribution in [1.29, 1.82) is 5.41 Å². The molecule has 0 saturated heterocycles. The maximum Gasteiger partial charge on any atom is 0.141 e. The molecule has 8 rings (SSSR count). The monoisotopic (exact) mass is 611 g/mol. The smallest absolute Gasteiger partial charge is 0.141 e. The van der Waals surface area contributed by atoms with Crippen LogP contribution in [0.4, 0.5) is 5.82 Å². The van der Waals surface area contributed by atoms with Crippen molar-refractivity contribution in [3.8, 4) is 22.3 Å². The number of para-hydroxylation sites is 1. The first kappa shape index (κ1) is 28.8. The average molecular weight is 612 g/mol. The minimum atomic E-state index is -0.683. The van der Waals surface area contributed by atoms with E-state index in [-0.39, 0.29) is 5.92 Å². The Kier molecular flexibility index (Phi) is 7.30. The number of aryl methyl sites for hydroxylation is 1. The molecule has 3 aliphatic rings. The standard InChI is InChI=1S/C42H37N5/c1-42(46-40(43)31-20-22-35(23-21-31)47-39-19-9-8-16-36(39)37-17-10-24-44-41(37)47)38(18-11-25-45-42)34-27-32(29-12-4-2-5-13-29)26-33(28-34)30-14-6-3-7-15-30/h2-9,11-16,18-20,22-28,31,45H,10,17,21H2,1H3,(H2,43,46). The minimum Gasteiger partial charge on any atom is -0.365 e. The quantitative estimate of drug-likeness (QED) is 0.132. The third-order valence-corrected chi connectivity index (χ3v) is 9.51. The number of allylic oxidation sites excluding steroid dienone is 5. The van der Waals surface area contributed by atoms with E-state index >= 15 is 0 Å². The van der Waals surface area contributed by atoms with Crippen molar-refractivity contribution in [3.63, 3.8) is 0 Å². The lowest BCUT2D eigenvalue weighted by atomic mass is 9.86. The summed E-state index contributed by atoms with van der Waals surface area (Å²) in [5.74, 6) is 1.45. The maximum absolute atomic E-state index is 9.26. The molecule has 2 aliphatic heterocycles. The van der Waals surface area contributed by atoms with Gasteiger partial charge in [0.1, 0.15) is 17.3 Å². The van der Waals surface area contributed by atoms with Gasteiger partial charge in [-0.15, -0.1) is 0 Å². The lowest BCUT2D eigenvalue weighted by molar-refractivity contribution is 0.468. The summed E-state index contributed by atoms with van der Waals surface area (Å²) in [4.78, 5) is 4.82. The molecule has 5 nitrogen and oxygen atoms in total. The number of hydrogen-bond acceptors (Lipinski definition) is 3. The number of nitrogens with one attached hydrogen (secondary N) is 3.